The first-order chi connectivity index (χ1) is 13.2. The second kappa shape index (κ2) is 9.02. The van der Waals surface area contributed by atoms with Gasteiger partial charge in [0.1, 0.15) is 19.8 Å². The Morgan fingerprint density at radius 3 is 2.63 bits per heavy atom. The Morgan fingerprint density at radius 2 is 1.85 bits per heavy atom. The molecule has 144 valence electrons. The van der Waals surface area contributed by atoms with Gasteiger partial charge in [0.15, 0.2) is 23.0 Å². The number of para-hydroxylation sites is 2. The van der Waals surface area contributed by atoms with Gasteiger partial charge in [0.25, 0.3) is 0 Å². The maximum atomic E-state index is 12.2. The highest BCUT2D eigenvalue weighted by Crippen LogP contribution is 2.31. The van der Waals surface area contributed by atoms with Gasteiger partial charge in [-0.15, -0.1) is 0 Å². The number of rotatable bonds is 7. The van der Waals surface area contributed by atoms with Crippen LogP contribution in [0.5, 0.6) is 23.0 Å². The normalized spacial score (nSPS) is 12.2. The van der Waals surface area contributed by atoms with E-state index in [1.165, 1.54) is 0 Å². The Bertz CT molecular complexity index is 781. The first-order valence-electron chi connectivity index (χ1n) is 8.80. The van der Waals surface area contributed by atoms with Crippen molar-refractivity contribution in [3.63, 3.8) is 0 Å². The number of benzene rings is 2. The lowest BCUT2D eigenvalue weighted by molar-refractivity contribution is 0.171. The Balaban J connectivity index is 1.44. The number of nitrogens with one attached hydrogen (secondary N) is 1. The molecule has 2 amide bonds. The number of ether oxygens (including phenoxy) is 4. The molecule has 1 N–H and O–H groups in total. The van der Waals surface area contributed by atoms with E-state index in [1.54, 1.807) is 19.1 Å². The Morgan fingerprint density at radius 1 is 1.11 bits per heavy atom. The van der Waals surface area contributed by atoms with Gasteiger partial charge >= 0.3 is 6.03 Å². The van der Waals surface area contributed by atoms with Crippen LogP contribution in [0.15, 0.2) is 42.5 Å². The van der Waals surface area contributed by atoms with Gasteiger partial charge in [-0.05, 0) is 29.8 Å². The molecule has 0 bridgehead atoms. The van der Waals surface area contributed by atoms with Crippen molar-refractivity contribution in [1.29, 1.82) is 0 Å². The molecule has 0 aliphatic carbocycles. The van der Waals surface area contributed by atoms with Crippen LogP contribution in [0.25, 0.3) is 0 Å². The number of urea groups is 1. The van der Waals surface area contributed by atoms with E-state index in [-0.39, 0.29) is 6.03 Å². The van der Waals surface area contributed by atoms with E-state index in [2.05, 4.69) is 5.32 Å². The third-order valence-electron chi connectivity index (χ3n) is 4.08. The monoisotopic (exact) mass is 372 g/mol. The highest BCUT2D eigenvalue weighted by atomic mass is 16.6. The van der Waals surface area contributed by atoms with Crippen molar-refractivity contribution in [2.75, 3.05) is 40.5 Å². The fourth-order valence-corrected chi connectivity index (χ4v) is 2.72. The van der Waals surface area contributed by atoms with Gasteiger partial charge < -0.3 is 29.2 Å². The van der Waals surface area contributed by atoms with Crippen LogP contribution in [0.2, 0.25) is 0 Å². The van der Waals surface area contributed by atoms with E-state index < -0.39 is 0 Å². The maximum absolute atomic E-state index is 12.2. The molecule has 0 saturated carbocycles. The fourth-order valence-electron chi connectivity index (χ4n) is 2.72. The highest BCUT2D eigenvalue weighted by molar-refractivity contribution is 5.73. The molecule has 2 aromatic rings. The Hall–Kier alpha value is -3.09. The number of carbonyl (C=O) groups is 1. The molecule has 1 aliphatic rings. The molecule has 0 spiro atoms. The molecule has 7 nitrogen and oxygen atoms in total. The number of methoxy groups -OCH3 is 1. The number of hydrogen-bond donors (Lipinski definition) is 1. The smallest absolute Gasteiger partial charge is 0.317 e. The molecular formula is C20H24N2O5. The van der Waals surface area contributed by atoms with Crippen molar-refractivity contribution < 1.29 is 23.7 Å². The zero-order chi connectivity index (χ0) is 19.1. The largest absolute Gasteiger partial charge is 0.493 e. The minimum absolute atomic E-state index is 0.173. The average molecular weight is 372 g/mol. The van der Waals surface area contributed by atoms with Crippen LogP contribution in [0.4, 0.5) is 4.79 Å². The molecule has 0 fully saturated rings. The topological polar surface area (TPSA) is 69.3 Å². The molecule has 0 radical (unpaired) electrons. The number of hydrogen-bond acceptors (Lipinski definition) is 5. The second-order valence-corrected chi connectivity index (χ2v) is 6.07. The summed E-state index contributed by atoms with van der Waals surface area (Å²) in [4.78, 5) is 13.9. The van der Waals surface area contributed by atoms with E-state index in [1.807, 2.05) is 42.5 Å². The van der Waals surface area contributed by atoms with Gasteiger partial charge in [0.05, 0.1) is 13.7 Å². The van der Waals surface area contributed by atoms with Gasteiger partial charge in [-0.2, -0.15) is 0 Å². The van der Waals surface area contributed by atoms with E-state index in [0.29, 0.717) is 44.4 Å². The zero-order valence-electron chi connectivity index (χ0n) is 15.6. The number of carbonyl (C=O) groups excluding carboxylic acids is 1. The van der Waals surface area contributed by atoms with Gasteiger partial charge in [0.2, 0.25) is 0 Å². The number of fused-ring (bicyclic) bond motifs is 1. The molecule has 27 heavy (non-hydrogen) atoms. The standard InChI is InChI=1S/C20H24N2O5/c1-22(14-15-7-8-18-19(13-15)27-12-11-26-18)20(23)21-9-10-25-17-6-4-3-5-16(17)24-2/h3-8,13H,9-12,14H2,1-2H3,(H,21,23). The zero-order valence-corrected chi connectivity index (χ0v) is 15.6. The van der Waals surface area contributed by atoms with Gasteiger partial charge in [-0.1, -0.05) is 18.2 Å². The Labute approximate surface area is 158 Å². The average Bonchev–Trinajstić information content (AvgIpc) is 2.71. The lowest BCUT2D eigenvalue weighted by atomic mass is 10.2. The quantitative estimate of drug-likeness (QED) is 0.757. The summed E-state index contributed by atoms with van der Waals surface area (Å²) < 4.78 is 22.0. The molecular weight excluding hydrogens is 348 g/mol. The van der Waals surface area contributed by atoms with Gasteiger partial charge in [0, 0.05) is 13.6 Å². The summed E-state index contributed by atoms with van der Waals surface area (Å²) in [6, 6.07) is 12.9. The Kier molecular flexibility index (Phi) is 6.25. The summed E-state index contributed by atoms with van der Waals surface area (Å²) in [5.41, 5.74) is 0.974. The fraction of sp³-hybridized carbons (Fsp3) is 0.350. The molecule has 0 aromatic heterocycles. The lowest BCUT2D eigenvalue weighted by Crippen LogP contribution is -2.38. The van der Waals surface area contributed by atoms with Crippen molar-refractivity contribution in [3.05, 3.63) is 48.0 Å². The van der Waals surface area contributed by atoms with Crippen LogP contribution < -0.4 is 24.3 Å². The summed E-state index contributed by atoms with van der Waals surface area (Å²) in [6.07, 6.45) is 0. The van der Waals surface area contributed by atoms with Crippen molar-refractivity contribution >= 4 is 6.03 Å². The van der Waals surface area contributed by atoms with Crippen LogP contribution in [0.3, 0.4) is 0 Å². The van der Waals surface area contributed by atoms with Crippen LogP contribution >= 0.6 is 0 Å². The van der Waals surface area contributed by atoms with E-state index in [0.717, 1.165) is 17.1 Å². The molecule has 2 aromatic carbocycles. The summed E-state index contributed by atoms with van der Waals surface area (Å²) in [7, 11) is 3.34. The maximum Gasteiger partial charge on any atom is 0.317 e. The molecule has 1 heterocycles. The molecule has 7 heteroatoms. The number of nitrogens with zero attached hydrogens (tertiary/aromatic N) is 1. The van der Waals surface area contributed by atoms with E-state index >= 15 is 0 Å². The third-order valence-corrected chi connectivity index (χ3v) is 4.08. The predicted octanol–water partition coefficient (Wildman–Crippen LogP) is 2.69. The summed E-state index contributed by atoms with van der Waals surface area (Å²) in [5, 5.41) is 2.84. The summed E-state index contributed by atoms with van der Waals surface area (Å²) in [6.45, 7) is 2.31. The van der Waals surface area contributed by atoms with Crippen LogP contribution in [0.1, 0.15) is 5.56 Å². The van der Waals surface area contributed by atoms with Crippen molar-refractivity contribution in [3.8, 4) is 23.0 Å². The molecule has 0 atom stereocenters. The number of amides is 2. The van der Waals surface area contributed by atoms with Crippen LogP contribution in [0, 0.1) is 0 Å². The molecule has 0 unspecified atom stereocenters. The minimum Gasteiger partial charge on any atom is -0.493 e. The SMILES string of the molecule is COc1ccccc1OCCNC(=O)N(C)Cc1ccc2c(c1)OCCO2. The van der Waals surface area contributed by atoms with Crippen molar-refractivity contribution in [2.45, 2.75) is 6.54 Å². The summed E-state index contributed by atoms with van der Waals surface area (Å²) in [5.74, 6) is 2.78. The first-order valence-corrected chi connectivity index (χ1v) is 8.80. The second-order valence-electron chi connectivity index (χ2n) is 6.07. The predicted molar refractivity (Wildman–Crippen MR) is 101 cm³/mol. The summed E-state index contributed by atoms with van der Waals surface area (Å²) >= 11 is 0. The highest BCUT2D eigenvalue weighted by Gasteiger charge is 2.14. The van der Waals surface area contributed by atoms with Crippen LogP contribution in [-0.2, 0) is 6.54 Å². The van der Waals surface area contributed by atoms with E-state index in [9.17, 15) is 4.79 Å². The van der Waals surface area contributed by atoms with Crippen molar-refractivity contribution in [1.82, 2.24) is 10.2 Å². The molecule has 1 aliphatic heterocycles. The van der Waals surface area contributed by atoms with Gasteiger partial charge in [-0.3, -0.25) is 0 Å². The van der Waals surface area contributed by atoms with E-state index in [4.69, 9.17) is 18.9 Å². The first kappa shape index (κ1) is 18.7. The van der Waals surface area contributed by atoms with Crippen LogP contribution in [-0.4, -0.2) is 51.5 Å². The lowest BCUT2D eigenvalue weighted by Gasteiger charge is -2.21. The molecule has 3 rings (SSSR count). The molecule has 0 saturated heterocycles. The van der Waals surface area contributed by atoms with Gasteiger partial charge in [-0.25, -0.2) is 4.79 Å². The minimum atomic E-state index is -0.173. The third kappa shape index (κ3) is 4.97. The van der Waals surface area contributed by atoms with Crippen molar-refractivity contribution in [2.24, 2.45) is 0 Å².